The molecule has 0 N–H and O–H groups in total. The molecule has 4 heteroatoms. The van der Waals surface area contributed by atoms with Crippen molar-refractivity contribution >= 4 is 22.7 Å². The van der Waals surface area contributed by atoms with Crippen LogP contribution in [0.25, 0.3) is 11.4 Å². The van der Waals surface area contributed by atoms with Crippen molar-refractivity contribution in [3.05, 3.63) is 55.9 Å². The van der Waals surface area contributed by atoms with Gasteiger partial charge in [0.15, 0.2) is 11.4 Å². The van der Waals surface area contributed by atoms with Crippen molar-refractivity contribution < 1.29 is 9.13 Å². The highest BCUT2D eigenvalue weighted by molar-refractivity contribution is 7.09. The van der Waals surface area contributed by atoms with E-state index in [2.05, 4.69) is 73.0 Å². The minimum atomic E-state index is 1.24. The van der Waals surface area contributed by atoms with E-state index < -0.39 is 0 Å². The Labute approximate surface area is 134 Å². The maximum absolute atomic E-state index is 2.28. The summed E-state index contributed by atoms with van der Waals surface area (Å²) in [5.74, 6) is 0. The zero-order valence-corrected chi connectivity index (χ0v) is 14.7. The van der Waals surface area contributed by atoms with Crippen molar-refractivity contribution in [2.75, 3.05) is 0 Å². The minimum Gasteiger partial charge on any atom is -0.154 e. The summed E-state index contributed by atoms with van der Waals surface area (Å²) < 4.78 is 4.57. The molecule has 2 heterocycles. The van der Waals surface area contributed by atoms with Crippen molar-refractivity contribution in [2.45, 2.75) is 34.6 Å². The SMILES string of the molecule is Cc1cc(-[n+]2csc(C)c2C)cc(-[n+]2csc(C)c2C)c1. The van der Waals surface area contributed by atoms with Gasteiger partial charge in [-0.05, 0) is 26.3 Å². The van der Waals surface area contributed by atoms with E-state index in [0.29, 0.717) is 0 Å². The molecule has 108 valence electrons. The Bertz CT molecular complexity index is 748. The second-order valence-electron chi connectivity index (χ2n) is 5.50. The fourth-order valence-corrected chi connectivity index (χ4v) is 4.09. The lowest BCUT2D eigenvalue weighted by Crippen LogP contribution is -2.35. The minimum absolute atomic E-state index is 1.24. The number of rotatable bonds is 2. The second kappa shape index (κ2) is 5.35. The third-order valence-corrected chi connectivity index (χ3v) is 5.95. The van der Waals surface area contributed by atoms with Crippen LogP contribution in [0.1, 0.15) is 26.7 Å². The zero-order valence-electron chi connectivity index (χ0n) is 13.1. The third-order valence-electron chi connectivity index (χ3n) is 4.01. The van der Waals surface area contributed by atoms with Gasteiger partial charge in [0.05, 0.1) is 15.8 Å². The largest absolute Gasteiger partial charge is 0.231 e. The van der Waals surface area contributed by atoms with Crippen molar-refractivity contribution in [1.82, 2.24) is 0 Å². The van der Waals surface area contributed by atoms with Crippen molar-refractivity contribution in [3.63, 3.8) is 0 Å². The molecule has 0 aliphatic rings. The molecule has 0 atom stereocenters. The number of nitrogens with zero attached hydrogens (tertiary/aromatic N) is 2. The number of thiazole rings is 2. The smallest absolute Gasteiger partial charge is 0.154 e. The molecule has 1 aromatic carbocycles. The van der Waals surface area contributed by atoms with Crippen molar-refractivity contribution in [1.29, 1.82) is 0 Å². The van der Waals surface area contributed by atoms with Crippen LogP contribution in [0.3, 0.4) is 0 Å². The van der Waals surface area contributed by atoms with Gasteiger partial charge in [0.25, 0.3) is 0 Å². The molecule has 0 aliphatic carbocycles. The molecule has 2 aromatic heterocycles. The van der Waals surface area contributed by atoms with E-state index in [9.17, 15) is 0 Å². The molecule has 0 bridgehead atoms. The Morgan fingerprint density at radius 3 is 1.43 bits per heavy atom. The maximum atomic E-state index is 2.28. The summed E-state index contributed by atoms with van der Waals surface area (Å²) in [5, 5.41) is 0. The van der Waals surface area contributed by atoms with Crippen LogP contribution in [0.4, 0.5) is 0 Å². The molecule has 0 saturated carbocycles. The summed E-state index contributed by atoms with van der Waals surface area (Å²) in [6.07, 6.45) is 0. The van der Waals surface area contributed by atoms with E-state index in [1.54, 1.807) is 22.7 Å². The predicted molar refractivity (Wildman–Crippen MR) is 88.9 cm³/mol. The van der Waals surface area contributed by atoms with E-state index in [4.69, 9.17) is 0 Å². The van der Waals surface area contributed by atoms with E-state index in [1.165, 1.54) is 38.1 Å². The normalized spacial score (nSPS) is 11.1. The molecule has 21 heavy (non-hydrogen) atoms. The molecule has 0 radical (unpaired) electrons. The molecule has 0 saturated heterocycles. The van der Waals surface area contributed by atoms with Gasteiger partial charge in [-0.25, -0.2) is 0 Å². The van der Waals surface area contributed by atoms with Crippen molar-refractivity contribution in [2.24, 2.45) is 0 Å². The van der Waals surface area contributed by atoms with Gasteiger partial charge < -0.3 is 0 Å². The Morgan fingerprint density at radius 2 is 1.10 bits per heavy atom. The van der Waals surface area contributed by atoms with Gasteiger partial charge in [0, 0.05) is 26.0 Å². The Morgan fingerprint density at radius 1 is 0.667 bits per heavy atom. The molecule has 0 fully saturated rings. The van der Waals surface area contributed by atoms with Gasteiger partial charge >= 0.3 is 0 Å². The average molecular weight is 316 g/mol. The van der Waals surface area contributed by atoms with Crippen LogP contribution >= 0.6 is 22.7 Å². The number of aryl methyl sites for hydroxylation is 3. The molecule has 0 amide bonds. The van der Waals surface area contributed by atoms with Crippen LogP contribution in [-0.2, 0) is 0 Å². The summed E-state index contributed by atoms with van der Waals surface area (Å²) in [6, 6.07) is 6.76. The van der Waals surface area contributed by atoms with Gasteiger partial charge in [-0.15, -0.1) is 0 Å². The number of aromatic nitrogens is 2. The summed E-state index contributed by atoms with van der Waals surface area (Å²) in [6.45, 7) is 10.9. The summed E-state index contributed by atoms with van der Waals surface area (Å²) in [5.41, 5.74) is 10.8. The number of hydrogen-bond donors (Lipinski definition) is 0. The van der Waals surface area contributed by atoms with Gasteiger partial charge in [-0.2, -0.15) is 9.13 Å². The highest BCUT2D eigenvalue weighted by atomic mass is 32.1. The van der Waals surface area contributed by atoms with Crippen LogP contribution in [0.5, 0.6) is 0 Å². The first-order valence-electron chi connectivity index (χ1n) is 7.02. The first-order valence-corrected chi connectivity index (χ1v) is 8.78. The monoisotopic (exact) mass is 316 g/mol. The molecule has 0 aliphatic heterocycles. The topological polar surface area (TPSA) is 7.76 Å². The third kappa shape index (κ3) is 2.54. The van der Waals surface area contributed by atoms with Gasteiger partial charge in [0.1, 0.15) is 0 Å². The first-order chi connectivity index (χ1) is 9.97. The standard InChI is InChI=1S/C17H20N2S2/c1-11-6-16(18-9-20-14(4)12(18)2)8-17(7-11)19-10-21-15(5)13(19)3/h6-10H,1-5H3/q+2. The van der Waals surface area contributed by atoms with Crippen LogP contribution < -0.4 is 9.13 Å². The van der Waals surface area contributed by atoms with E-state index >= 15 is 0 Å². The highest BCUT2D eigenvalue weighted by Gasteiger charge is 2.21. The van der Waals surface area contributed by atoms with Crippen LogP contribution in [-0.4, -0.2) is 0 Å². The van der Waals surface area contributed by atoms with E-state index in [-0.39, 0.29) is 0 Å². The molecule has 2 nitrogen and oxygen atoms in total. The predicted octanol–water partition coefficient (Wildman–Crippen LogP) is 3.91. The van der Waals surface area contributed by atoms with Gasteiger partial charge in [-0.1, -0.05) is 22.7 Å². The zero-order chi connectivity index (χ0) is 15.1. The molecule has 3 rings (SSSR count). The summed E-state index contributed by atoms with van der Waals surface area (Å²) in [4.78, 5) is 2.74. The second-order valence-corrected chi connectivity index (χ2v) is 7.61. The number of hydrogen-bond acceptors (Lipinski definition) is 2. The molecular formula is C17H20N2S2+2. The molecular weight excluding hydrogens is 296 g/mol. The fraction of sp³-hybridized carbons (Fsp3) is 0.294. The lowest BCUT2D eigenvalue weighted by atomic mass is 10.1. The van der Waals surface area contributed by atoms with Crippen LogP contribution in [0.15, 0.2) is 29.2 Å². The number of benzene rings is 1. The fourth-order valence-electron chi connectivity index (χ4n) is 2.46. The Balaban J connectivity index is 2.17. The molecule has 3 aromatic rings. The molecule has 0 unspecified atom stereocenters. The van der Waals surface area contributed by atoms with Gasteiger partial charge in [-0.3, -0.25) is 0 Å². The Kier molecular flexibility index (Phi) is 3.68. The summed E-state index contributed by atoms with van der Waals surface area (Å²) in [7, 11) is 0. The highest BCUT2D eigenvalue weighted by Crippen LogP contribution is 2.17. The lowest BCUT2D eigenvalue weighted by molar-refractivity contribution is -0.605. The van der Waals surface area contributed by atoms with Gasteiger partial charge in [0.2, 0.25) is 22.4 Å². The maximum Gasteiger partial charge on any atom is 0.231 e. The average Bonchev–Trinajstić information content (AvgIpc) is 2.94. The lowest BCUT2D eigenvalue weighted by Gasteiger charge is -2.00. The van der Waals surface area contributed by atoms with Crippen LogP contribution in [0, 0.1) is 34.6 Å². The van der Waals surface area contributed by atoms with E-state index in [0.717, 1.165) is 0 Å². The van der Waals surface area contributed by atoms with Crippen molar-refractivity contribution in [3.8, 4) is 11.4 Å². The van der Waals surface area contributed by atoms with Crippen LogP contribution in [0.2, 0.25) is 0 Å². The first kappa shape index (κ1) is 14.4. The van der Waals surface area contributed by atoms with E-state index in [1.807, 2.05) is 0 Å². The summed E-state index contributed by atoms with van der Waals surface area (Å²) >= 11 is 3.60. The quantitative estimate of drug-likeness (QED) is 0.633. The molecule has 0 spiro atoms. The Hall–Kier alpha value is -1.52.